The van der Waals surface area contributed by atoms with Crippen molar-refractivity contribution in [1.82, 2.24) is 15.3 Å². The van der Waals surface area contributed by atoms with Crippen molar-refractivity contribution in [3.63, 3.8) is 0 Å². The zero-order valence-corrected chi connectivity index (χ0v) is 12.0. The van der Waals surface area contributed by atoms with Crippen molar-refractivity contribution < 1.29 is 9.59 Å². The SMILES string of the molecule is CCCNc1ncc(Br)c(N2CC(=O)NC(=O)C2)n1. The monoisotopic (exact) mass is 327 g/mol. The van der Waals surface area contributed by atoms with E-state index in [-0.39, 0.29) is 24.9 Å². The Balaban J connectivity index is 2.22. The second-order valence-corrected chi connectivity index (χ2v) is 4.97. The molecule has 7 nitrogen and oxygen atoms in total. The number of hydrogen-bond acceptors (Lipinski definition) is 6. The van der Waals surface area contributed by atoms with Crippen molar-refractivity contribution in [1.29, 1.82) is 0 Å². The van der Waals surface area contributed by atoms with Crippen LogP contribution < -0.4 is 15.5 Å². The highest BCUT2D eigenvalue weighted by Gasteiger charge is 2.25. The second-order valence-electron chi connectivity index (χ2n) is 4.12. The van der Waals surface area contributed by atoms with Crippen LogP contribution in [0.5, 0.6) is 0 Å². The van der Waals surface area contributed by atoms with Gasteiger partial charge in [0, 0.05) is 12.7 Å². The zero-order chi connectivity index (χ0) is 13.8. The van der Waals surface area contributed by atoms with Gasteiger partial charge in [0.2, 0.25) is 17.8 Å². The van der Waals surface area contributed by atoms with Gasteiger partial charge in [0.25, 0.3) is 0 Å². The van der Waals surface area contributed by atoms with E-state index in [1.165, 1.54) is 0 Å². The molecule has 102 valence electrons. The van der Waals surface area contributed by atoms with Crippen molar-refractivity contribution in [2.24, 2.45) is 0 Å². The Labute approximate surface area is 118 Å². The van der Waals surface area contributed by atoms with Gasteiger partial charge in [0.15, 0.2) is 0 Å². The van der Waals surface area contributed by atoms with Gasteiger partial charge in [-0.2, -0.15) is 4.98 Å². The van der Waals surface area contributed by atoms with Crippen LogP contribution >= 0.6 is 15.9 Å². The van der Waals surface area contributed by atoms with Crippen molar-refractivity contribution in [2.75, 3.05) is 29.9 Å². The molecule has 1 saturated heterocycles. The maximum absolute atomic E-state index is 11.4. The average molecular weight is 328 g/mol. The minimum absolute atomic E-state index is 0.106. The van der Waals surface area contributed by atoms with Crippen molar-refractivity contribution >= 4 is 39.5 Å². The first-order chi connectivity index (χ1) is 9.10. The van der Waals surface area contributed by atoms with Crippen LogP contribution in [0.4, 0.5) is 11.8 Å². The van der Waals surface area contributed by atoms with E-state index in [0.29, 0.717) is 16.2 Å². The second kappa shape index (κ2) is 5.96. The summed E-state index contributed by atoms with van der Waals surface area (Å²) >= 11 is 3.34. The molecule has 0 radical (unpaired) electrons. The summed E-state index contributed by atoms with van der Waals surface area (Å²) in [6.45, 7) is 3.02. The van der Waals surface area contributed by atoms with E-state index in [1.807, 2.05) is 6.92 Å². The fourth-order valence-electron chi connectivity index (χ4n) is 1.69. The first-order valence-electron chi connectivity index (χ1n) is 5.94. The third kappa shape index (κ3) is 3.40. The van der Waals surface area contributed by atoms with Crippen LogP contribution in [0.15, 0.2) is 10.7 Å². The standard InChI is InChI=1S/C11H14BrN5O2/c1-2-3-13-11-14-4-7(12)10(16-11)17-5-8(18)15-9(19)6-17/h4H,2-3,5-6H2,1H3,(H,13,14,16)(H,15,18,19). The Kier molecular flexibility index (Phi) is 4.31. The minimum atomic E-state index is -0.329. The fourth-order valence-corrected chi connectivity index (χ4v) is 2.13. The topological polar surface area (TPSA) is 87.2 Å². The van der Waals surface area contributed by atoms with Crippen LogP contribution in [-0.4, -0.2) is 41.4 Å². The molecule has 0 saturated carbocycles. The predicted octanol–water partition coefficient (Wildman–Crippen LogP) is 0.524. The maximum Gasteiger partial charge on any atom is 0.246 e. The Bertz CT molecular complexity index is 492. The molecule has 2 amide bonds. The average Bonchev–Trinajstić information content (AvgIpc) is 2.36. The number of carbonyl (C=O) groups is 2. The predicted molar refractivity (Wildman–Crippen MR) is 73.9 cm³/mol. The van der Waals surface area contributed by atoms with Crippen LogP contribution in [0.1, 0.15) is 13.3 Å². The first kappa shape index (κ1) is 13.7. The van der Waals surface area contributed by atoms with Crippen LogP contribution in [0.3, 0.4) is 0 Å². The largest absolute Gasteiger partial charge is 0.354 e. The van der Waals surface area contributed by atoms with Crippen molar-refractivity contribution in [3.05, 3.63) is 10.7 Å². The summed E-state index contributed by atoms with van der Waals surface area (Å²) in [5.74, 6) is 0.366. The van der Waals surface area contributed by atoms with Gasteiger partial charge >= 0.3 is 0 Å². The summed E-state index contributed by atoms with van der Waals surface area (Å²) < 4.78 is 0.650. The third-order valence-electron chi connectivity index (χ3n) is 2.51. The van der Waals surface area contributed by atoms with Gasteiger partial charge in [-0.3, -0.25) is 14.9 Å². The van der Waals surface area contributed by atoms with E-state index in [0.717, 1.165) is 13.0 Å². The number of rotatable bonds is 4. The fraction of sp³-hybridized carbons (Fsp3) is 0.455. The first-order valence-corrected chi connectivity index (χ1v) is 6.73. The Morgan fingerprint density at radius 1 is 1.42 bits per heavy atom. The highest BCUT2D eigenvalue weighted by Crippen LogP contribution is 2.24. The Morgan fingerprint density at radius 3 is 2.74 bits per heavy atom. The number of carbonyl (C=O) groups excluding carboxylic acids is 2. The summed E-state index contributed by atoms with van der Waals surface area (Å²) in [4.78, 5) is 32.8. The molecule has 0 aromatic carbocycles. The number of piperazine rings is 1. The van der Waals surface area contributed by atoms with Gasteiger partial charge in [-0.05, 0) is 22.4 Å². The molecule has 1 aliphatic rings. The summed E-state index contributed by atoms with van der Waals surface area (Å²) in [6.07, 6.45) is 2.57. The smallest absolute Gasteiger partial charge is 0.246 e. The highest BCUT2D eigenvalue weighted by atomic mass is 79.9. The number of anilines is 2. The lowest BCUT2D eigenvalue weighted by atomic mass is 10.3. The Morgan fingerprint density at radius 2 is 2.11 bits per heavy atom. The molecule has 1 aromatic rings. The molecule has 0 spiro atoms. The summed E-state index contributed by atoms with van der Waals surface area (Å²) in [7, 11) is 0. The summed E-state index contributed by atoms with van der Waals surface area (Å²) in [5, 5.41) is 5.32. The summed E-state index contributed by atoms with van der Waals surface area (Å²) in [5.41, 5.74) is 0. The number of halogens is 1. The molecular weight excluding hydrogens is 314 g/mol. The van der Waals surface area contributed by atoms with Crippen molar-refractivity contribution in [2.45, 2.75) is 13.3 Å². The van der Waals surface area contributed by atoms with E-state index >= 15 is 0 Å². The zero-order valence-electron chi connectivity index (χ0n) is 10.4. The molecule has 0 aliphatic carbocycles. The molecule has 0 atom stereocenters. The lowest BCUT2D eigenvalue weighted by molar-refractivity contribution is -0.130. The summed E-state index contributed by atoms with van der Waals surface area (Å²) in [6, 6.07) is 0. The molecule has 1 aliphatic heterocycles. The maximum atomic E-state index is 11.4. The molecule has 2 heterocycles. The third-order valence-corrected chi connectivity index (χ3v) is 3.07. The number of hydrogen-bond donors (Lipinski definition) is 2. The van der Waals surface area contributed by atoms with Crippen LogP contribution in [0.25, 0.3) is 0 Å². The number of imide groups is 1. The minimum Gasteiger partial charge on any atom is -0.354 e. The van der Waals surface area contributed by atoms with E-state index in [9.17, 15) is 9.59 Å². The molecule has 1 aromatic heterocycles. The van der Waals surface area contributed by atoms with Gasteiger partial charge in [0.1, 0.15) is 5.82 Å². The van der Waals surface area contributed by atoms with Gasteiger partial charge in [0.05, 0.1) is 17.6 Å². The number of nitrogens with zero attached hydrogens (tertiary/aromatic N) is 3. The molecule has 8 heteroatoms. The number of nitrogens with one attached hydrogen (secondary N) is 2. The lowest BCUT2D eigenvalue weighted by Crippen LogP contribution is -2.51. The van der Waals surface area contributed by atoms with Gasteiger partial charge in [-0.1, -0.05) is 6.92 Å². The number of aromatic nitrogens is 2. The van der Waals surface area contributed by atoms with Gasteiger partial charge < -0.3 is 10.2 Å². The van der Waals surface area contributed by atoms with Crippen LogP contribution in [-0.2, 0) is 9.59 Å². The van der Waals surface area contributed by atoms with E-state index in [4.69, 9.17) is 0 Å². The van der Waals surface area contributed by atoms with Crippen LogP contribution in [0, 0.1) is 0 Å². The quantitative estimate of drug-likeness (QED) is 0.784. The van der Waals surface area contributed by atoms with Crippen LogP contribution in [0.2, 0.25) is 0 Å². The normalized spacial score (nSPS) is 15.4. The highest BCUT2D eigenvalue weighted by molar-refractivity contribution is 9.10. The lowest BCUT2D eigenvalue weighted by Gasteiger charge is -2.27. The molecule has 2 rings (SSSR count). The van der Waals surface area contributed by atoms with Crippen molar-refractivity contribution in [3.8, 4) is 0 Å². The molecule has 1 fully saturated rings. The van der Waals surface area contributed by atoms with E-state index in [2.05, 4.69) is 36.5 Å². The molecule has 0 bridgehead atoms. The molecular formula is C11H14BrN5O2. The van der Waals surface area contributed by atoms with Gasteiger partial charge in [-0.25, -0.2) is 4.98 Å². The Hall–Kier alpha value is -1.70. The van der Waals surface area contributed by atoms with E-state index < -0.39 is 0 Å². The van der Waals surface area contributed by atoms with E-state index in [1.54, 1.807) is 11.1 Å². The molecule has 2 N–H and O–H groups in total. The number of amides is 2. The van der Waals surface area contributed by atoms with Gasteiger partial charge in [-0.15, -0.1) is 0 Å². The molecule has 19 heavy (non-hydrogen) atoms. The molecule has 0 unspecified atom stereocenters.